The number of fused-ring (bicyclic) bond motifs is 6. The number of esters is 1. The molecule has 4 aliphatic rings. The SMILES string of the molecule is CCCCCCCCOc1cc(COC(=O)Nc2ccc3c(c2)Oc2cc(NC(=O)N4CCOCC4)ccc2C32OC(=O)c3ccccc32)ccc1OP(=O)([O-])O[C@@H]1[C@H](O)[C@H](O)[C@@H](O[O-])C(OP(=O)([O-])[O-])[C@H]1O. The van der Waals surface area contributed by atoms with E-state index in [9.17, 15) is 58.8 Å². The molecule has 4 aromatic rings. The normalized spacial score (nSPS) is 24.0. The van der Waals surface area contributed by atoms with E-state index in [2.05, 4.69) is 27.0 Å². The van der Waals surface area contributed by atoms with Crippen LogP contribution in [0.4, 0.5) is 21.0 Å². The van der Waals surface area contributed by atoms with Gasteiger partial charge in [-0.25, -0.2) is 14.4 Å². The number of ether oxygens (including phenoxy) is 5. The molecule has 24 nitrogen and oxygen atoms in total. The van der Waals surface area contributed by atoms with Gasteiger partial charge in [-0.3, -0.25) is 9.88 Å². The first-order valence-corrected chi connectivity index (χ1v) is 26.2. The van der Waals surface area contributed by atoms with Crippen LogP contribution in [0.15, 0.2) is 78.9 Å². The number of carbonyl (C=O) groups is 3. The molecule has 5 N–H and O–H groups in total. The summed E-state index contributed by atoms with van der Waals surface area (Å²) in [5.41, 5.74) is 1.27. The van der Waals surface area contributed by atoms with Crippen LogP contribution in [0, 0.1) is 0 Å². The van der Waals surface area contributed by atoms with Crippen LogP contribution in [0.5, 0.6) is 23.0 Å². The van der Waals surface area contributed by atoms with Gasteiger partial charge in [0.25, 0.3) is 0 Å². The second kappa shape index (κ2) is 22.8. The lowest BCUT2D eigenvalue weighted by molar-refractivity contribution is -0.710. The molecular weight excluding hydrogens is 1000 g/mol. The number of nitrogens with zero attached hydrogens (tertiary/aromatic N) is 1. The Kier molecular flexibility index (Phi) is 16.8. The number of urea groups is 1. The molecule has 2 fully saturated rings. The van der Waals surface area contributed by atoms with Crippen molar-refractivity contribution in [1.82, 2.24) is 4.90 Å². The largest absolute Gasteiger partial charge is 0.790 e. The van der Waals surface area contributed by atoms with Crippen LogP contribution in [-0.4, -0.2) is 108 Å². The number of nitrogens with one attached hydrogen (secondary N) is 2. The van der Waals surface area contributed by atoms with Crippen LogP contribution in [0.3, 0.4) is 0 Å². The minimum absolute atomic E-state index is 0.0743. The van der Waals surface area contributed by atoms with Crippen molar-refractivity contribution < 1.29 is 101 Å². The zero-order valence-electron chi connectivity index (χ0n) is 39.0. The average molecular weight is 1060 g/mol. The first-order chi connectivity index (χ1) is 34.9. The Morgan fingerprint density at radius 2 is 1.42 bits per heavy atom. The van der Waals surface area contributed by atoms with Gasteiger partial charge in [-0.05, 0) is 54.4 Å². The third-order valence-electron chi connectivity index (χ3n) is 12.5. The summed E-state index contributed by atoms with van der Waals surface area (Å²) in [6.07, 6.45) is -10.3. The highest BCUT2D eigenvalue weighted by Crippen LogP contribution is 2.57. The summed E-state index contributed by atoms with van der Waals surface area (Å²) in [6.45, 7) is 3.39. The van der Waals surface area contributed by atoms with Gasteiger partial charge < -0.3 is 92.2 Å². The van der Waals surface area contributed by atoms with E-state index in [-0.39, 0.29) is 41.1 Å². The summed E-state index contributed by atoms with van der Waals surface area (Å²) in [6, 6.07) is 20.1. The number of rotatable bonds is 19. The number of unbranched alkanes of at least 4 members (excludes halogenated alkanes) is 5. The summed E-state index contributed by atoms with van der Waals surface area (Å²) in [5.74, 6) is -0.751. The van der Waals surface area contributed by atoms with Crippen molar-refractivity contribution >= 4 is 45.1 Å². The zero-order valence-corrected chi connectivity index (χ0v) is 40.8. The molecule has 0 radical (unpaired) electrons. The topological polar surface area (TPSA) is 349 Å². The molecule has 1 aliphatic carbocycles. The molecule has 1 saturated carbocycles. The molecule has 1 spiro atoms. The number of amides is 3. The molecule has 8 atom stereocenters. The van der Waals surface area contributed by atoms with Gasteiger partial charge in [0, 0.05) is 53.3 Å². The number of morpholine rings is 1. The first kappa shape index (κ1) is 53.6. The zero-order chi connectivity index (χ0) is 52.1. The number of aliphatic hydroxyl groups excluding tert-OH is 3. The van der Waals surface area contributed by atoms with E-state index >= 15 is 0 Å². The summed E-state index contributed by atoms with van der Waals surface area (Å²) in [7, 11) is -11.7. The molecule has 3 unspecified atom stereocenters. The lowest BCUT2D eigenvalue weighted by atomic mass is 9.77. The highest BCUT2D eigenvalue weighted by molar-refractivity contribution is 7.46. The van der Waals surface area contributed by atoms with E-state index in [1.807, 2.05) is 0 Å². The molecule has 3 amide bonds. The molecule has 0 bridgehead atoms. The lowest BCUT2D eigenvalue weighted by Crippen LogP contribution is -2.66. The maximum atomic E-state index is 13.4. The Balaban J connectivity index is 0.981. The second-order valence-corrected chi connectivity index (χ2v) is 19.8. The van der Waals surface area contributed by atoms with Crippen molar-refractivity contribution in [3.63, 3.8) is 0 Å². The predicted octanol–water partition coefficient (Wildman–Crippen LogP) is 2.81. The van der Waals surface area contributed by atoms with Crippen LogP contribution in [0.1, 0.15) is 78.1 Å². The van der Waals surface area contributed by atoms with Gasteiger partial charge in [0.2, 0.25) is 0 Å². The highest BCUT2D eigenvalue weighted by atomic mass is 31.2. The Hall–Kier alpha value is -5.69. The Morgan fingerprint density at radius 1 is 0.767 bits per heavy atom. The molecule has 3 aliphatic heterocycles. The van der Waals surface area contributed by atoms with Gasteiger partial charge in [0.15, 0.2) is 17.1 Å². The minimum atomic E-state index is -5.99. The highest BCUT2D eigenvalue weighted by Gasteiger charge is 2.54. The molecule has 4 aromatic carbocycles. The Morgan fingerprint density at radius 3 is 2.11 bits per heavy atom. The number of carbonyl (C=O) groups excluding carboxylic acids is 3. The monoisotopic (exact) mass is 1060 g/mol. The Bertz CT molecular complexity index is 2750. The van der Waals surface area contributed by atoms with Gasteiger partial charge in [0.1, 0.15) is 54.7 Å². The van der Waals surface area contributed by atoms with Crippen LogP contribution in [0.25, 0.3) is 0 Å². The van der Waals surface area contributed by atoms with E-state index in [0.717, 1.165) is 38.2 Å². The summed E-state index contributed by atoms with van der Waals surface area (Å²) < 4.78 is 68.2. The van der Waals surface area contributed by atoms with Crippen molar-refractivity contribution in [2.45, 2.75) is 94.3 Å². The van der Waals surface area contributed by atoms with Crippen LogP contribution < -0.4 is 44.6 Å². The van der Waals surface area contributed by atoms with E-state index in [1.54, 1.807) is 59.5 Å². The molecule has 73 heavy (non-hydrogen) atoms. The predicted molar refractivity (Wildman–Crippen MR) is 244 cm³/mol. The van der Waals surface area contributed by atoms with Crippen LogP contribution in [-0.2, 0) is 49.5 Å². The van der Waals surface area contributed by atoms with Crippen LogP contribution in [0.2, 0.25) is 0 Å². The van der Waals surface area contributed by atoms with Gasteiger partial charge in [-0.1, -0.05) is 63.3 Å². The standard InChI is InChI=1S/C47H55N3O21P2/c1-2-3-4-5-6-9-20-64-37-23-27(12-17-34(37)69-73(61,62)71-41-38(51)39(52)42(68-57)43(40(41)53)70-72(58,59)60)26-65-46(56)49-29-14-16-33-36(25-29)66-35-24-28(48-45(55)50-18-21-63-22-19-50)13-15-32(35)47(33)31-11-8-7-10-30(31)44(54)67-47/h7-8,10-17,23-25,38-43,51-53,57H,2-6,9,18-22,26H2,1H3,(H,48,55)(H,49,56)(H,61,62)(H2,58,59,60)/p-4/t38-,39+,40+,41-,42-,43?,47?/m1/s1. The van der Waals surface area contributed by atoms with Crippen molar-refractivity contribution in [3.05, 3.63) is 107 Å². The summed E-state index contributed by atoms with van der Waals surface area (Å²) >= 11 is 0. The number of phosphoric acid groups is 2. The fraction of sp³-hybridized carbons (Fsp3) is 0.426. The van der Waals surface area contributed by atoms with Gasteiger partial charge in [-0.2, -0.15) is 0 Å². The number of aliphatic hydroxyl groups is 3. The van der Waals surface area contributed by atoms with Crippen LogP contribution >= 0.6 is 15.6 Å². The summed E-state index contributed by atoms with van der Waals surface area (Å²) in [4.78, 5) is 81.1. The van der Waals surface area contributed by atoms with Crippen molar-refractivity contribution in [1.29, 1.82) is 0 Å². The third kappa shape index (κ3) is 12.1. The quantitative estimate of drug-likeness (QED) is 0.0296. The van der Waals surface area contributed by atoms with E-state index < -0.39 is 82.3 Å². The summed E-state index contributed by atoms with van der Waals surface area (Å²) in [5, 5.41) is 48.4. The van der Waals surface area contributed by atoms with Crippen molar-refractivity contribution in [2.24, 2.45) is 0 Å². The number of hydrogen-bond donors (Lipinski definition) is 5. The Labute approximate surface area is 417 Å². The van der Waals surface area contributed by atoms with Gasteiger partial charge in [-0.15, -0.1) is 0 Å². The maximum absolute atomic E-state index is 13.4. The molecule has 3 heterocycles. The molecule has 1 saturated heterocycles. The van der Waals surface area contributed by atoms with E-state index in [4.69, 9.17) is 32.7 Å². The number of hydrogen-bond acceptors (Lipinski definition) is 21. The fourth-order valence-corrected chi connectivity index (χ4v) is 10.5. The number of benzene rings is 4. The lowest BCUT2D eigenvalue weighted by Gasteiger charge is -2.49. The molecular formula is C47H51N3O21P2-4. The van der Waals surface area contributed by atoms with Gasteiger partial charge >= 0.3 is 25.9 Å². The van der Waals surface area contributed by atoms with Gasteiger partial charge in [0.05, 0.1) is 33.2 Å². The van der Waals surface area contributed by atoms with E-state index in [0.29, 0.717) is 60.7 Å². The van der Waals surface area contributed by atoms with E-state index in [1.165, 1.54) is 18.2 Å². The maximum Gasteiger partial charge on any atom is 0.411 e. The second-order valence-electron chi connectivity index (χ2n) is 17.4. The molecule has 8 rings (SSSR count). The molecule has 0 aromatic heterocycles. The van der Waals surface area contributed by atoms with Crippen molar-refractivity contribution in [3.8, 4) is 23.0 Å². The average Bonchev–Trinajstić information content (AvgIpc) is 3.65. The number of phosphoric ester groups is 2. The fourth-order valence-electron chi connectivity index (χ4n) is 8.96. The smallest absolute Gasteiger partial charge is 0.411 e. The molecule has 394 valence electrons. The molecule has 26 heteroatoms. The van der Waals surface area contributed by atoms with Crippen molar-refractivity contribution in [2.75, 3.05) is 43.5 Å². The first-order valence-electron chi connectivity index (χ1n) is 23.3. The number of anilines is 2. The third-order valence-corrected chi connectivity index (χ3v) is 13.9. The minimum Gasteiger partial charge on any atom is -0.790 e.